The summed E-state index contributed by atoms with van der Waals surface area (Å²) in [6.07, 6.45) is 0.348. The molecule has 0 aromatic heterocycles. The molecule has 0 radical (unpaired) electrons. The van der Waals surface area contributed by atoms with Crippen molar-refractivity contribution in [1.29, 1.82) is 0 Å². The maximum absolute atomic E-state index is 5.92. The SMILES string of the molecule is CC(CN1CC(C)OC(C)(C)C1)=C1CNC1. The summed E-state index contributed by atoms with van der Waals surface area (Å²) < 4.78 is 5.92. The fourth-order valence-corrected chi connectivity index (χ4v) is 2.71. The predicted octanol–water partition coefficient (Wildman–Crippen LogP) is 1.41. The van der Waals surface area contributed by atoms with Gasteiger partial charge in [0, 0.05) is 32.7 Å². The monoisotopic (exact) mass is 224 g/mol. The lowest BCUT2D eigenvalue weighted by molar-refractivity contribution is -0.126. The van der Waals surface area contributed by atoms with Crippen LogP contribution in [-0.4, -0.2) is 49.3 Å². The molecule has 1 N–H and O–H groups in total. The van der Waals surface area contributed by atoms with Gasteiger partial charge in [0.05, 0.1) is 11.7 Å². The van der Waals surface area contributed by atoms with E-state index < -0.39 is 0 Å². The van der Waals surface area contributed by atoms with Gasteiger partial charge in [0.1, 0.15) is 0 Å². The molecular formula is C13H24N2O. The van der Waals surface area contributed by atoms with Crippen molar-refractivity contribution in [2.24, 2.45) is 0 Å². The first-order valence-corrected chi connectivity index (χ1v) is 6.25. The van der Waals surface area contributed by atoms with Crippen LogP contribution in [0.2, 0.25) is 0 Å². The Labute approximate surface area is 98.8 Å². The zero-order chi connectivity index (χ0) is 11.8. The van der Waals surface area contributed by atoms with Gasteiger partial charge in [0.25, 0.3) is 0 Å². The highest BCUT2D eigenvalue weighted by Crippen LogP contribution is 2.22. The van der Waals surface area contributed by atoms with E-state index in [-0.39, 0.29) is 5.60 Å². The summed E-state index contributed by atoms with van der Waals surface area (Å²) in [4.78, 5) is 2.52. The van der Waals surface area contributed by atoms with Gasteiger partial charge in [-0.15, -0.1) is 0 Å². The molecule has 2 rings (SSSR count). The normalized spacial score (nSPS) is 30.0. The van der Waals surface area contributed by atoms with Crippen LogP contribution in [-0.2, 0) is 4.74 Å². The molecule has 2 fully saturated rings. The van der Waals surface area contributed by atoms with E-state index in [9.17, 15) is 0 Å². The summed E-state index contributed by atoms with van der Waals surface area (Å²) in [5.74, 6) is 0. The Bertz CT molecular complexity index is 290. The molecule has 2 saturated heterocycles. The van der Waals surface area contributed by atoms with Gasteiger partial charge < -0.3 is 10.1 Å². The zero-order valence-electron chi connectivity index (χ0n) is 11.0. The van der Waals surface area contributed by atoms with Crippen LogP contribution in [0.4, 0.5) is 0 Å². The second-order valence-electron chi connectivity index (χ2n) is 5.85. The van der Waals surface area contributed by atoms with Crippen LogP contribution in [0.5, 0.6) is 0 Å². The molecule has 92 valence electrons. The fraction of sp³-hybridized carbons (Fsp3) is 0.846. The molecule has 0 aromatic rings. The van der Waals surface area contributed by atoms with Gasteiger partial charge in [0.2, 0.25) is 0 Å². The third kappa shape index (κ3) is 2.84. The van der Waals surface area contributed by atoms with Gasteiger partial charge in [-0.2, -0.15) is 0 Å². The van der Waals surface area contributed by atoms with Crippen molar-refractivity contribution in [2.75, 3.05) is 32.7 Å². The highest BCUT2D eigenvalue weighted by molar-refractivity contribution is 5.22. The van der Waals surface area contributed by atoms with Crippen LogP contribution in [0.1, 0.15) is 27.7 Å². The minimum absolute atomic E-state index is 0.000473. The summed E-state index contributed by atoms with van der Waals surface area (Å²) in [5, 5.41) is 3.30. The van der Waals surface area contributed by atoms with Crippen molar-refractivity contribution in [3.63, 3.8) is 0 Å². The number of morpholine rings is 1. The Hall–Kier alpha value is -0.380. The van der Waals surface area contributed by atoms with E-state index in [1.165, 1.54) is 0 Å². The lowest BCUT2D eigenvalue weighted by Crippen LogP contribution is -2.52. The maximum Gasteiger partial charge on any atom is 0.0757 e. The Morgan fingerprint density at radius 1 is 1.50 bits per heavy atom. The van der Waals surface area contributed by atoms with Gasteiger partial charge in [0.15, 0.2) is 0 Å². The highest BCUT2D eigenvalue weighted by atomic mass is 16.5. The van der Waals surface area contributed by atoms with E-state index in [1.807, 2.05) is 0 Å². The molecule has 0 amide bonds. The minimum atomic E-state index is 0.000473. The molecule has 16 heavy (non-hydrogen) atoms. The summed E-state index contributed by atoms with van der Waals surface area (Å²) in [5.41, 5.74) is 3.14. The molecule has 2 heterocycles. The summed E-state index contributed by atoms with van der Waals surface area (Å²) in [6.45, 7) is 14.2. The van der Waals surface area contributed by atoms with E-state index in [4.69, 9.17) is 4.74 Å². The quantitative estimate of drug-likeness (QED) is 0.718. The van der Waals surface area contributed by atoms with Gasteiger partial charge >= 0.3 is 0 Å². The molecule has 0 saturated carbocycles. The predicted molar refractivity (Wildman–Crippen MR) is 66.6 cm³/mol. The average Bonchev–Trinajstić information content (AvgIpc) is 1.94. The smallest absolute Gasteiger partial charge is 0.0757 e. The number of ether oxygens (including phenoxy) is 1. The van der Waals surface area contributed by atoms with Crippen molar-refractivity contribution >= 4 is 0 Å². The summed E-state index contributed by atoms with van der Waals surface area (Å²) in [6, 6.07) is 0. The van der Waals surface area contributed by atoms with Crippen LogP contribution in [0.15, 0.2) is 11.1 Å². The maximum atomic E-state index is 5.92. The topological polar surface area (TPSA) is 24.5 Å². The molecule has 2 aliphatic heterocycles. The van der Waals surface area contributed by atoms with Crippen LogP contribution in [0.25, 0.3) is 0 Å². The molecule has 0 aromatic carbocycles. The Morgan fingerprint density at radius 2 is 2.19 bits per heavy atom. The first-order chi connectivity index (χ1) is 7.46. The second-order valence-corrected chi connectivity index (χ2v) is 5.85. The number of hydrogen-bond acceptors (Lipinski definition) is 3. The molecule has 3 nitrogen and oxygen atoms in total. The highest BCUT2D eigenvalue weighted by Gasteiger charge is 2.31. The molecule has 0 bridgehead atoms. The molecule has 1 unspecified atom stereocenters. The van der Waals surface area contributed by atoms with E-state index in [0.29, 0.717) is 6.10 Å². The minimum Gasteiger partial charge on any atom is -0.370 e. The van der Waals surface area contributed by atoms with Crippen molar-refractivity contribution in [3.05, 3.63) is 11.1 Å². The van der Waals surface area contributed by atoms with E-state index in [2.05, 4.69) is 37.9 Å². The Kier molecular flexibility index (Phi) is 3.38. The van der Waals surface area contributed by atoms with Crippen LogP contribution < -0.4 is 5.32 Å². The van der Waals surface area contributed by atoms with Crippen molar-refractivity contribution in [2.45, 2.75) is 39.4 Å². The number of rotatable bonds is 2. The van der Waals surface area contributed by atoms with Crippen molar-refractivity contribution in [1.82, 2.24) is 10.2 Å². The Balaban J connectivity index is 1.94. The largest absolute Gasteiger partial charge is 0.370 e. The molecular weight excluding hydrogens is 200 g/mol. The van der Waals surface area contributed by atoms with E-state index >= 15 is 0 Å². The lowest BCUT2D eigenvalue weighted by atomic mass is 10.0. The lowest BCUT2D eigenvalue weighted by Gasteiger charge is -2.42. The van der Waals surface area contributed by atoms with Crippen molar-refractivity contribution < 1.29 is 4.74 Å². The van der Waals surface area contributed by atoms with Gasteiger partial charge in [-0.1, -0.05) is 5.57 Å². The number of nitrogens with one attached hydrogen (secondary N) is 1. The third-order valence-electron chi connectivity index (χ3n) is 3.38. The number of nitrogens with zero attached hydrogens (tertiary/aromatic N) is 1. The first kappa shape index (κ1) is 12.1. The van der Waals surface area contributed by atoms with Crippen LogP contribution in [0, 0.1) is 0 Å². The molecule has 3 heteroatoms. The van der Waals surface area contributed by atoms with Gasteiger partial charge in [-0.3, -0.25) is 4.90 Å². The average molecular weight is 224 g/mol. The van der Waals surface area contributed by atoms with Crippen LogP contribution >= 0.6 is 0 Å². The molecule has 0 spiro atoms. The molecule has 1 atom stereocenters. The van der Waals surface area contributed by atoms with E-state index in [0.717, 1.165) is 32.7 Å². The van der Waals surface area contributed by atoms with Crippen LogP contribution in [0.3, 0.4) is 0 Å². The summed E-state index contributed by atoms with van der Waals surface area (Å²) >= 11 is 0. The standard InChI is InChI=1S/C13H24N2O/c1-10(12-5-14-6-12)7-15-8-11(2)16-13(3,4)9-15/h11,14H,5-9H2,1-4H3. The van der Waals surface area contributed by atoms with E-state index in [1.54, 1.807) is 11.1 Å². The Morgan fingerprint density at radius 3 is 2.69 bits per heavy atom. The second kappa shape index (κ2) is 4.47. The fourth-order valence-electron chi connectivity index (χ4n) is 2.71. The third-order valence-corrected chi connectivity index (χ3v) is 3.38. The zero-order valence-corrected chi connectivity index (χ0v) is 11.0. The summed E-state index contributed by atoms with van der Waals surface area (Å²) in [7, 11) is 0. The molecule has 2 aliphatic rings. The first-order valence-electron chi connectivity index (χ1n) is 6.25. The number of hydrogen-bond donors (Lipinski definition) is 1. The van der Waals surface area contributed by atoms with Crippen molar-refractivity contribution in [3.8, 4) is 0 Å². The molecule has 0 aliphatic carbocycles. The van der Waals surface area contributed by atoms with Gasteiger partial charge in [-0.05, 0) is 33.3 Å². The van der Waals surface area contributed by atoms with Gasteiger partial charge in [-0.25, -0.2) is 0 Å².